The molecular formula is C13H17N3O. The molecule has 0 spiro atoms. The maximum Gasteiger partial charge on any atom is 0.116 e. The second-order valence-electron chi connectivity index (χ2n) is 4.54. The monoisotopic (exact) mass is 231 g/mol. The van der Waals surface area contributed by atoms with Crippen molar-refractivity contribution in [3.05, 3.63) is 35.9 Å². The fourth-order valence-electron chi connectivity index (χ4n) is 2.43. The molecule has 2 aromatic rings. The molecule has 3 heterocycles. The lowest BCUT2D eigenvalue weighted by atomic mass is 9.99. The van der Waals surface area contributed by atoms with Crippen LogP contribution in [0, 0.1) is 0 Å². The van der Waals surface area contributed by atoms with Crippen LogP contribution >= 0.6 is 0 Å². The summed E-state index contributed by atoms with van der Waals surface area (Å²) in [6.07, 6.45) is 6.16. The third-order valence-electron chi connectivity index (χ3n) is 3.44. The Kier molecular flexibility index (Phi) is 2.82. The van der Waals surface area contributed by atoms with Crippen LogP contribution in [-0.4, -0.2) is 22.6 Å². The molecule has 0 bridgehead atoms. The Labute approximate surface area is 100 Å². The van der Waals surface area contributed by atoms with Crippen LogP contribution in [0.2, 0.25) is 0 Å². The van der Waals surface area contributed by atoms with Crippen LogP contribution in [-0.2, 0) is 11.3 Å². The average Bonchev–Trinajstić information content (AvgIpc) is 2.82. The van der Waals surface area contributed by atoms with Gasteiger partial charge in [-0.15, -0.1) is 0 Å². The van der Waals surface area contributed by atoms with Crippen LogP contribution in [0.3, 0.4) is 0 Å². The molecule has 1 aliphatic rings. The molecule has 4 heteroatoms. The molecule has 90 valence electrons. The van der Waals surface area contributed by atoms with Gasteiger partial charge in [0.1, 0.15) is 5.82 Å². The van der Waals surface area contributed by atoms with Gasteiger partial charge in [0, 0.05) is 31.9 Å². The highest BCUT2D eigenvalue weighted by Crippen LogP contribution is 2.26. The molecule has 2 N–H and O–H groups in total. The molecule has 0 unspecified atom stereocenters. The largest absolute Gasteiger partial charge is 0.381 e. The third-order valence-corrected chi connectivity index (χ3v) is 3.44. The second-order valence-corrected chi connectivity index (χ2v) is 4.54. The molecule has 4 nitrogen and oxygen atoms in total. The molecule has 17 heavy (non-hydrogen) atoms. The predicted molar refractivity (Wildman–Crippen MR) is 65.9 cm³/mol. The molecule has 0 aliphatic carbocycles. The zero-order chi connectivity index (χ0) is 11.7. The number of nitrogens with two attached hydrogens (primary N) is 1. The summed E-state index contributed by atoms with van der Waals surface area (Å²) in [5.41, 5.74) is 7.97. The van der Waals surface area contributed by atoms with Crippen LogP contribution in [0.4, 0.5) is 0 Å². The summed E-state index contributed by atoms with van der Waals surface area (Å²) in [7, 11) is 0. The zero-order valence-corrected chi connectivity index (χ0v) is 9.80. The molecule has 0 saturated carbocycles. The smallest absolute Gasteiger partial charge is 0.116 e. The summed E-state index contributed by atoms with van der Waals surface area (Å²) in [6.45, 7) is 2.26. The fourth-order valence-corrected chi connectivity index (χ4v) is 2.43. The minimum absolute atomic E-state index is 0.513. The van der Waals surface area contributed by atoms with Gasteiger partial charge in [0.15, 0.2) is 0 Å². The minimum Gasteiger partial charge on any atom is -0.381 e. The van der Waals surface area contributed by atoms with Gasteiger partial charge in [0.2, 0.25) is 0 Å². The number of rotatable bonds is 2. The van der Waals surface area contributed by atoms with Crippen molar-refractivity contribution in [3.8, 4) is 0 Å². The van der Waals surface area contributed by atoms with E-state index in [9.17, 15) is 0 Å². The third kappa shape index (κ3) is 1.94. The lowest BCUT2D eigenvalue weighted by molar-refractivity contribution is 0.0835. The number of aromatic nitrogens is 2. The quantitative estimate of drug-likeness (QED) is 0.855. The van der Waals surface area contributed by atoms with Gasteiger partial charge in [-0.25, -0.2) is 4.98 Å². The first-order valence-corrected chi connectivity index (χ1v) is 6.12. The van der Waals surface area contributed by atoms with Crippen molar-refractivity contribution < 1.29 is 4.74 Å². The first-order chi connectivity index (χ1) is 8.38. The highest BCUT2D eigenvalue weighted by atomic mass is 16.5. The van der Waals surface area contributed by atoms with E-state index < -0.39 is 0 Å². The molecule has 0 aromatic carbocycles. The van der Waals surface area contributed by atoms with Crippen LogP contribution < -0.4 is 5.73 Å². The lowest BCUT2D eigenvalue weighted by Crippen LogP contribution is -2.16. The summed E-state index contributed by atoms with van der Waals surface area (Å²) >= 11 is 0. The molecule has 0 atom stereocenters. The Morgan fingerprint density at radius 2 is 2.18 bits per heavy atom. The SMILES string of the molecule is NCc1ccc2cnc(C3CCOCC3)n2c1. The Morgan fingerprint density at radius 1 is 1.35 bits per heavy atom. The fraction of sp³-hybridized carbons (Fsp3) is 0.462. The summed E-state index contributed by atoms with van der Waals surface area (Å²) in [4.78, 5) is 4.56. The van der Waals surface area contributed by atoms with E-state index in [2.05, 4.69) is 27.7 Å². The standard InChI is InChI=1S/C13H17N3O/c14-7-10-1-2-12-8-15-13(16(12)9-10)11-3-5-17-6-4-11/h1-2,8-9,11H,3-7,14H2. The van der Waals surface area contributed by atoms with Crippen LogP contribution in [0.25, 0.3) is 5.52 Å². The van der Waals surface area contributed by atoms with Crippen molar-refractivity contribution in [1.82, 2.24) is 9.38 Å². The van der Waals surface area contributed by atoms with Crippen LogP contribution in [0.1, 0.15) is 30.1 Å². The summed E-state index contributed by atoms with van der Waals surface area (Å²) in [5.74, 6) is 1.66. The van der Waals surface area contributed by atoms with E-state index in [0.29, 0.717) is 12.5 Å². The van der Waals surface area contributed by atoms with Crippen LogP contribution in [0.5, 0.6) is 0 Å². The van der Waals surface area contributed by atoms with Gasteiger partial charge in [-0.05, 0) is 24.5 Å². The Balaban J connectivity index is 2.02. The summed E-state index contributed by atoms with van der Waals surface area (Å²) in [6, 6.07) is 4.14. The second kappa shape index (κ2) is 4.47. The number of hydrogen-bond acceptors (Lipinski definition) is 3. The molecule has 0 radical (unpaired) electrons. The van der Waals surface area contributed by atoms with E-state index in [1.807, 2.05) is 6.20 Å². The maximum atomic E-state index is 5.68. The molecule has 2 aromatic heterocycles. The van der Waals surface area contributed by atoms with E-state index in [1.54, 1.807) is 0 Å². The normalized spacial score (nSPS) is 17.7. The molecular weight excluding hydrogens is 214 g/mol. The van der Waals surface area contributed by atoms with Gasteiger partial charge >= 0.3 is 0 Å². The van der Waals surface area contributed by atoms with Gasteiger partial charge in [0.25, 0.3) is 0 Å². The first kappa shape index (κ1) is 10.7. The van der Waals surface area contributed by atoms with Gasteiger partial charge in [-0.1, -0.05) is 6.07 Å². The number of imidazole rings is 1. The van der Waals surface area contributed by atoms with E-state index in [4.69, 9.17) is 10.5 Å². The van der Waals surface area contributed by atoms with Gasteiger partial charge < -0.3 is 14.9 Å². The van der Waals surface area contributed by atoms with E-state index >= 15 is 0 Å². The topological polar surface area (TPSA) is 52.5 Å². The maximum absolute atomic E-state index is 5.68. The van der Waals surface area contributed by atoms with Gasteiger partial charge in [-0.2, -0.15) is 0 Å². The highest BCUT2D eigenvalue weighted by Gasteiger charge is 2.20. The van der Waals surface area contributed by atoms with E-state index in [-0.39, 0.29) is 0 Å². The number of nitrogens with zero attached hydrogens (tertiary/aromatic N) is 2. The summed E-state index contributed by atoms with van der Waals surface area (Å²) in [5, 5.41) is 0. The zero-order valence-electron chi connectivity index (χ0n) is 9.80. The predicted octanol–water partition coefficient (Wildman–Crippen LogP) is 1.69. The molecule has 1 fully saturated rings. The number of pyridine rings is 1. The van der Waals surface area contributed by atoms with Crippen molar-refractivity contribution in [3.63, 3.8) is 0 Å². The first-order valence-electron chi connectivity index (χ1n) is 6.12. The lowest BCUT2D eigenvalue weighted by Gasteiger charge is -2.21. The average molecular weight is 231 g/mol. The van der Waals surface area contributed by atoms with Gasteiger partial charge in [-0.3, -0.25) is 0 Å². The highest BCUT2D eigenvalue weighted by molar-refractivity contribution is 5.47. The van der Waals surface area contributed by atoms with E-state index in [1.165, 1.54) is 0 Å². The van der Waals surface area contributed by atoms with E-state index in [0.717, 1.165) is 43.0 Å². The minimum atomic E-state index is 0.513. The molecule has 3 rings (SSSR count). The number of fused-ring (bicyclic) bond motifs is 1. The summed E-state index contributed by atoms with van der Waals surface area (Å²) < 4.78 is 7.58. The molecule has 1 saturated heterocycles. The van der Waals surface area contributed by atoms with Crippen LogP contribution in [0.15, 0.2) is 24.5 Å². The van der Waals surface area contributed by atoms with Crippen molar-refractivity contribution in [1.29, 1.82) is 0 Å². The Bertz CT molecular complexity index is 514. The molecule has 0 amide bonds. The Hall–Kier alpha value is -1.39. The van der Waals surface area contributed by atoms with Crippen molar-refractivity contribution in [2.45, 2.75) is 25.3 Å². The van der Waals surface area contributed by atoms with Crippen molar-refractivity contribution in [2.75, 3.05) is 13.2 Å². The van der Waals surface area contributed by atoms with Crippen molar-refractivity contribution >= 4 is 5.52 Å². The molecule has 1 aliphatic heterocycles. The number of ether oxygens (including phenoxy) is 1. The Morgan fingerprint density at radius 3 is 2.94 bits per heavy atom. The van der Waals surface area contributed by atoms with Gasteiger partial charge in [0.05, 0.1) is 11.7 Å². The number of hydrogen-bond donors (Lipinski definition) is 1. The van der Waals surface area contributed by atoms with Crippen molar-refractivity contribution in [2.24, 2.45) is 5.73 Å².